The quantitative estimate of drug-likeness (QED) is 0.768. The summed E-state index contributed by atoms with van der Waals surface area (Å²) in [6.07, 6.45) is 3.77. The van der Waals surface area contributed by atoms with Crippen LogP contribution in [-0.2, 0) is 22.4 Å². The number of urea groups is 1. The predicted molar refractivity (Wildman–Crippen MR) is 64.4 cm³/mol. The summed E-state index contributed by atoms with van der Waals surface area (Å²) in [5, 5.41) is 2.52. The highest BCUT2D eigenvalue weighted by Gasteiger charge is 2.34. The molecule has 3 rings (SSSR count). The fraction of sp³-hybridized carbons (Fsp3) is 0.455. The summed E-state index contributed by atoms with van der Waals surface area (Å²) >= 11 is 1.37. The monoisotopic (exact) mass is 265 g/mol. The summed E-state index contributed by atoms with van der Waals surface area (Å²) in [7, 11) is 0. The molecule has 0 spiro atoms. The number of nitrogens with zero attached hydrogens (tertiary/aromatic N) is 2. The van der Waals surface area contributed by atoms with Crippen molar-refractivity contribution in [2.75, 3.05) is 4.90 Å². The minimum atomic E-state index is -0.692. The first-order valence-electron chi connectivity index (χ1n) is 5.80. The molecule has 1 saturated heterocycles. The van der Waals surface area contributed by atoms with Crippen LogP contribution in [0.2, 0.25) is 0 Å². The van der Waals surface area contributed by atoms with Crippen LogP contribution in [0.25, 0.3) is 0 Å². The van der Waals surface area contributed by atoms with E-state index in [2.05, 4.69) is 10.3 Å². The minimum Gasteiger partial charge on any atom is -0.277 e. The summed E-state index contributed by atoms with van der Waals surface area (Å²) in [4.78, 5) is 40.9. The first-order chi connectivity index (χ1) is 8.65. The van der Waals surface area contributed by atoms with Crippen LogP contribution >= 0.6 is 11.3 Å². The molecule has 0 aromatic carbocycles. The van der Waals surface area contributed by atoms with Crippen LogP contribution < -0.4 is 10.2 Å². The summed E-state index contributed by atoms with van der Waals surface area (Å²) in [6, 6.07) is -0.692. The van der Waals surface area contributed by atoms with Crippen molar-refractivity contribution in [3.8, 4) is 0 Å². The lowest BCUT2D eigenvalue weighted by Crippen LogP contribution is -2.52. The van der Waals surface area contributed by atoms with Gasteiger partial charge in [-0.2, -0.15) is 0 Å². The Morgan fingerprint density at radius 1 is 1.17 bits per heavy atom. The molecule has 94 valence electrons. The molecule has 0 bridgehead atoms. The van der Waals surface area contributed by atoms with E-state index in [4.69, 9.17) is 0 Å². The number of nitrogens with one attached hydrogen (secondary N) is 1. The Kier molecular flexibility index (Phi) is 2.62. The number of fused-ring (bicyclic) bond motifs is 1. The fourth-order valence-corrected chi connectivity index (χ4v) is 3.34. The molecule has 1 aromatic rings. The van der Waals surface area contributed by atoms with Crippen LogP contribution in [0.5, 0.6) is 0 Å². The number of hydrogen-bond donors (Lipinski definition) is 1. The third kappa shape index (κ3) is 1.80. The van der Waals surface area contributed by atoms with E-state index in [0.717, 1.165) is 41.2 Å². The molecule has 1 aromatic heterocycles. The third-order valence-electron chi connectivity index (χ3n) is 3.04. The van der Waals surface area contributed by atoms with Gasteiger partial charge in [-0.05, 0) is 25.7 Å². The molecule has 1 aliphatic carbocycles. The maximum absolute atomic E-state index is 11.7. The highest BCUT2D eigenvalue weighted by atomic mass is 32.1. The highest BCUT2D eigenvalue weighted by Crippen LogP contribution is 2.32. The number of amides is 4. The standard InChI is InChI=1S/C11H11N3O3S/c15-8-5-9(16)14(10(17)13-8)11-12-6-3-1-2-4-7(6)18-11/h1-5H2,(H,13,15,17). The molecule has 2 aliphatic rings. The Labute approximate surface area is 107 Å². The maximum atomic E-state index is 11.7. The van der Waals surface area contributed by atoms with Crippen molar-refractivity contribution in [1.29, 1.82) is 0 Å². The van der Waals surface area contributed by atoms with E-state index < -0.39 is 17.8 Å². The number of imide groups is 2. The van der Waals surface area contributed by atoms with Crippen molar-refractivity contribution in [2.24, 2.45) is 0 Å². The number of aromatic nitrogens is 1. The molecule has 18 heavy (non-hydrogen) atoms. The van der Waals surface area contributed by atoms with Gasteiger partial charge in [-0.3, -0.25) is 14.9 Å². The van der Waals surface area contributed by atoms with Crippen LogP contribution in [0.4, 0.5) is 9.93 Å². The van der Waals surface area contributed by atoms with Crippen LogP contribution in [0, 0.1) is 0 Å². The summed E-state index contributed by atoms with van der Waals surface area (Å²) in [6.45, 7) is 0. The Bertz CT molecular complexity index is 508. The summed E-state index contributed by atoms with van der Waals surface area (Å²) in [5.74, 6) is -1.06. The van der Waals surface area contributed by atoms with Crippen molar-refractivity contribution in [2.45, 2.75) is 32.1 Å². The van der Waals surface area contributed by atoms with Gasteiger partial charge in [-0.15, -0.1) is 11.3 Å². The van der Waals surface area contributed by atoms with Gasteiger partial charge in [-0.25, -0.2) is 14.7 Å². The summed E-state index contributed by atoms with van der Waals surface area (Å²) < 4.78 is 0. The first-order valence-corrected chi connectivity index (χ1v) is 6.62. The highest BCUT2D eigenvalue weighted by molar-refractivity contribution is 7.16. The van der Waals surface area contributed by atoms with Gasteiger partial charge in [0.15, 0.2) is 0 Å². The molecule has 4 amide bonds. The van der Waals surface area contributed by atoms with Crippen LogP contribution in [0.3, 0.4) is 0 Å². The zero-order chi connectivity index (χ0) is 12.7. The molecule has 2 heterocycles. The molecular weight excluding hydrogens is 254 g/mol. The zero-order valence-corrected chi connectivity index (χ0v) is 10.4. The molecule has 0 unspecified atom stereocenters. The van der Waals surface area contributed by atoms with E-state index in [-0.39, 0.29) is 6.42 Å². The van der Waals surface area contributed by atoms with Crippen molar-refractivity contribution in [1.82, 2.24) is 10.3 Å². The van der Waals surface area contributed by atoms with Crippen molar-refractivity contribution in [3.05, 3.63) is 10.6 Å². The molecule has 0 atom stereocenters. The van der Waals surface area contributed by atoms with Gasteiger partial charge in [-0.1, -0.05) is 0 Å². The smallest absolute Gasteiger partial charge is 0.277 e. The molecular formula is C11H11N3O3S. The number of hydrogen-bond acceptors (Lipinski definition) is 5. The molecule has 0 radical (unpaired) electrons. The van der Waals surface area contributed by atoms with Gasteiger partial charge in [0.2, 0.25) is 16.9 Å². The number of rotatable bonds is 1. The molecule has 1 aliphatic heterocycles. The van der Waals surface area contributed by atoms with Gasteiger partial charge >= 0.3 is 6.03 Å². The lowest BCUT2D eigenvalue weighted by atomic mass is 10.0. The molecule has 6 nitrogen and oxygen atoms in total. The van der Waals surface area contributed by atoms with Crippen LogP contribution in [0.15, 0.2) is 0 Å². The number of anilines is 1. The van der Waals surface area contributed by atoms with Gasteiger partial charge in [0.1, 0.15) is 6.42 Å². The van der Waals surface area contributed by atoms with Gasteiger partial charge in [0, 0.05) is 4.88 Å². The topological polar surface area (TPSA) is 79.4 Å². The number of aryl methyl sites for hydroxylation is 2. The molecule has 7 heteroatoms. The Morgan fingerprint density at radius 3 is 2.67 bits per heavy atom. The number of barbiturate groups is 1. The Morgan fingerprint density at radius 2 is 1.94 bits per heavy atom. The number of thiazole rings is 1. The van der Waals surface area contributed by atoms with E-state index in [0.29, 0.717) is 5.13 Å². The third-order valence-corrected chi connectivity index (χ3v) is 4.18. The summed E-state index contributed by atoms with van der Waals surface area (Å²) in [5.41, 5.74) is 0.985. The van der Waals surface area contributed by atoms with Gasteiger partial charge in [0.25, 0.3) is 0 Å². The van der Waals surface area contributed by atoms with E-state index in [9.17, 15) is 14.4 Å². The van der Waals surface area contributed by atoms with Gasteiger partial charge < -0.3 is 0 Å². The number of carbonyl (C=O) groups is 3. The number of carbonyl (C=O) groups excluding carboxylic acids is 3. The van der Waals surface area contributed by atoms with Crippen LogP contribution in [-0.4, -0.2) is 22.8 Å². The Balaban J connectivity index is 1.94. The maximum Gasteiger partial charge on any atom is 0.337 e. The SMILES string of the molecule is O=C1CC(=O)N(c2nc3c(s2)CCCC3)C(=O)N1. The van der Waals surface area contributed by atoms with E-state index >= 15 is 0 Å². The average Bonchev–Trinajstić information content (AvgIpc) is 2.70. The molecule has 0 saturated carbocycles. The second kappa shape index (κ2) is 4.16. The molecule has 1 N–H and O–H groups in total. The Hall–Kier alpha value is -1.76. The largest absolute Gasteiger partial charge is 0.337 e. The van der Waals surface area contributed by atoms with E-state index in [1.807, 2.05) is 0 Å². The fourth-order valence-electron chi connectivity index (χ4n) is 2.18. The second-order valence-corrected chi connectivity index (χ2v) is 5.39. The lowest BCUT2D eigenvalue weighted by molar-refractivity contribution is -0.128. The van der Waals surface area contributed by atoms with Gasteiger partial charge in [0.05, 0.1) is 5.69 Å². The zero-order valence-electron chi connectivity index (χ0n) is 9.56. The first kappa shape index (κ1) is 11.3. The second-order valence-electron chi connectivity index (χ2n) is 4.33. The van der Waals surface area contributed by atoms with Crippen molar-refractivity contribution >= 4 is 34.3 Å². The van der Waals surface area contributed by atoms with E-state index in [1.54, 1.807) is 0 Å². The van der Waals surface area contributed by atoms with Crippen molar-refractivity contribution < 1.29 is 14.4 Å². The van der Waals surface area contributed by atoms with Crippen LogP contribution in [0.1, 0.15) is 29.8 Å². The predicted octanol–water partition coefficient (Wildman–Crippen LogP) is 0.995. The average molecular weight is 265 g/mol. The minimum absolute atomic E-state index is 0.296. The normalized spacial score (nSPS) is 19.8. The van der Waals surface area contributed by atoms with Crippen molar-refractivity contribution in [3.63, 3.8) is 0 Å². The van der Waals surface area contributed by atoms with E-state index in [1.165, 1.54) is 11.3 Å². The lowest BCUT2D eigenvalue weighted by Gasteiger charge is -2.21. The molecule has 1 fully saturated rings.